The zero-order valence-electron chi connectivity index (χ0n) is 17.2. The van der Waals surface area contributed by atoms with Crippen molar-refractivity contribution < 1.29 is 4.57 Å². The fraction of sp³-hybridized carbons (Fsp3) is 0. The Morgan fingerprint density at radius 1 is 0.485 bits per heavy atom. The van der Waals surface area contributed by atoms with Crippen molar-refractivity contribution in [1.82, 2.24) is 0 Å². The number of benzene rings is 4. The van der Waals surface area contributed by atoms with Crippen molar-refractivity contribution in [2.45, 2.75) is 0 Å². The molecule has 1 nitrogen and oxygen atoms in total. The Hall–Kier alpha value is -2.75. The van der Waals surface area contributed by atoms with Gasteiger partial charge in [-0.3, -0.25) is 0 Å². The predicted molar refractivity (Wildman–Crippen MR) is 148 cm³/mol. The molecule has 1 aliphatic rings. The number of hydrogen-bond donors (Lipinski definition) is 0. The van der Waals surface area contributed by atoms with E-state index in [1.54, 1.807) is 34.0 Å². The van der Waals surface area contributed by atoms with Crippen LogP contribution in [-0.4, -0.2) is 0 Å². The third-order valence-electron chi connectivity index (χ3n) is 6.70. The molecule has 5 heteroatoms. The maximum absolute atomic E-state index is 15.3. The van der Waals surface area contributed by atoms with Crippen LogP contribution in [0.3, 0.4) is 0 Å². The van der Waals surface area contributed by atoms with Crippen molar-refractivity contribution in [3.8, 4) is 11.1 Å². The van der Waals surface area contributed by atoms with Crippen LogP contribution in [0.5, 0.6) is 0 Å². The van der Waals surface area contributed by atoms with Gasteiger partial charge in [0.15, 0.2) is 7.14 Å². The molecule has 4 heterocycles. The monoisotopic (exact) mass is 494 g/mol. The highest BCUT2D eigenvalue weighted by Crippen LogP contribution is 2.60. The maximum Gasteiger partial charge on any atom is 0.191 e. The summed E-state index contributed by atoms with van der Waals surface area (Å²) < 4.78 is 22.4. The average Bonchev–Trinajstić information content (AvgIpc) is 3.58. The van der Waals surface area contributed by atoms with Gasteiger partial charge in [0, 0.05) is 56.8 Å². The summed E-state index contributed by atoms with van der Waals surface area (Å²) in [6, 6.07) is 32.1. The van der Waals surface area contributed by atoms with Gasteiger partial charge in [0.1, 0.15) is 0 Å². The van der Waals surface area contributed by atoms with E-state index in [0.29, 0.717) is 0 Å². The second kappa shape index (κ2) is 6.43. The third-order valence-corrected chi connectivity index (χ3v) is 14.5. The van der Waals surface area contributed by atoms with Crippen LogP contribution in [0.15, 0.2) is 91.0 Å². The summed E-state index contributed by atoms with van der Waals surface area (Å²) in [4.78, 5) is 0. The highest BCUT2D eigenvalue weighted by molar-refractivity contribution is 7.94. The van der Waals surface area contributed by atoms with Gasteiger partial charge in [0.05, 0.1) is 9.24 Å². The van der Waals surface area contributed by atoms with Gasteiger partial charge in [-0.1, -0.05) is 54.6 Å². The van der Waals surface area contributed by atoms with Gasteiger partial charge in [0.2, 0.25) is 0 Å². The first-order chi connectivity index (χ1) is 16.2. The highest BCUT2D eigenvalue weighted by Gasteiger charge is 2.45. The second-order valence-corrected chi connectivity index (χ2v) is 14.9. The molecule has 0 saturated heterocycles. The maximum atomic E-state index is 15.3. The minimum absolute atomic E-state index is 0.955. The first kappa shape index (κ1) is 18.7. The zero-order chi connectivity index (χ0) is 21.7. The number of hydrogen-bond acceptors (Lipinski definition) is 4. The molecule has 0 radical (unpaired) electrons. The lowest BCUT2D eigenvalue weighted by Gasteiger charge is -2.13. The van der Waals surface area contributed by atoms with Crippen molar-refractivity contribution >= 4 is 96.0 Å². The fourth-order valence-electron chi connectivity index (χ4n) is 5.23. The Balaban J connectivity index is 1.53. The SMILES string of the molecule is O=P1(c2ccc3sc4ccccc4c3c2)c2sc3ccccc3c2-c2c1sc1ccccc21. The van der Waals surface area contributed by atoms with Crippen molar-refractivity contribution in [3.05, 3.63) is 91.0 Å². The van der Waals surface area contributed by atoms with Gasteiger partial charge < -0.3 is 4.57 Å². The normalized spacial score (nSPS) is 14.4. The molecule has 4 aromatic carbocycles. The third kappa shape index (κ3) is 2.30. The van der Waals surface area contributed by atoms with Crippen LogP contribution in [0.1, 0.15) is 0 Å². The van der Waals surface area contributed by atoms with Crippen molar-refractivity contribution in [2.24, 2.45) is 0 Å². The Bertz CT molecular complexity index is 1890. The van der Waals surface area contributed by atoms with E-state index in [0.717, 1.165) is 14.5 Å². The van der Waals surface area contributed by atoms with E-state index in [-0.39, 0.29) is 0 Å². The minimum atomic E-state index is -2.96. The molecule has 0 aliphatic carbocycles. The van der Waals surface area contributed by atoms with Crippen LogP contribution < -0.4 is 14.5 Å². The lowest BCUT2D eigenvalue weighted by molar-refractivity contribution is 0.593. The minimum Gasteiger partial charge on any atom is -0.307 e. The van der Waals surface area contributed by atoms with E-state index in [1.807, 2.05) is 0 Å². The van der Waals surface area contributed by atoms with E-state index >= 15 is 4.57 Å². The molecule has 0 fully saturated rings. The van der Waals surface area contributed by atoms with Gasteiger partial charge in [-0.25, -0.2) is 0 Å². The van der Waals surface area contributed by atoms with E-state index in [1.165, 1.54) is 51.5 Å². The van der Waals surface area contributed by atoms with Crippen LogP contribution in [0.4, 0.5) is 0 Å². The molecular weight excluding hydrogens is 479 g/mol. The van der Waals surface area contributed by atoms with Crippen molar-refractivity contribution in [3.63, 3.8) is 0 Å². The summed E-state index contributed by atoms with van der Waals surface area (Å²) in [7, 11) is -2.96. The highest BCUT2D eigenvalue weighted by atomic mass is 32.1. The van der Waals surface area contributed by atoms with Crippen LogP contribution in [-0.2, 0) is 4.57 Å². The lowest BCUT2D eigenvalue weighted by Crippen LogP contribution is -2.17. The molecule has 0 bridgehead atoms. The molecule has 0 N–H and O–H groups in total. The van der Waals surface area contributed by atoms with Crippen LogP contribution in [0, 0.1) is 0 Å². The Kier molecular flexibility index (Phi) is 3.63. The molecule has 0 spiro atoms. The molecule has 0 amide bonds. The second-order valence-electron chi connectivity index (χ2n) is 8.44. The first-order valence-electron chi connectivity index (χ1n) is 10.8. The zero-order valence-corrected chi connectivity index (χ0v) is 20.6. The summed E-state index contributed by atoms with van der Waals surface area (Å²) in [5, 5.41) is 5.86. The van der Waals surface area contributed by atoms with Gasteiger partial charge in [-0.05, 0) is 36.4 Å². The van der Waals surface area contributed by atoms with E-state index in [2.05, 4.69) is 91.0 Å². The summed E-state index contributed by atoms with van der Waals surface area (Å²) in [5.41, 5.74) is 2.39. The molecular formula is C28H15OPS3. The quantitative estimate of drug-likeness (QED) is 0.211. The predicted octanol–water partition coefficient (Wildman–Crippen LogP) is 8.10. The topological polar surface area (TPSA) is 17.1 Å². The molecule has 7 aromatic rings. The van der Waals surface area contributed by atoms with Gasteiger partial charge in [-0.2, -0.15) is 0 Å². The van der Waals surface area contributed by atoms with Gasteiger partial charge >= 0.3 is 0 Å². The standard InChI is InChI=1S/C28H15OPS3/c29-30(16-13-14-24-20(15-16)17-7-1-4-10-21(17)31-24)27-25(18-8-2-5-11-22(18)32-27)26-19-9-3-6-12-23(19)33-28(26)30/h1-15H. The first-order valence-corrected chi connectivity index (χ1v) is 15.0. The summed E-state index contributed by atoms with van der Waals surface area (Å²) in [6.07, 6.45) is 0. The van der Waals surface area contributed by atoms with E-state index in [9.17, 15) is 0 Å². The number of rotatable bonds is 1. The molecule has 0 saturated carbocycles. The number of thiophene rings is 3. The van der Waals surface area contributed by atoms with Crippen molar-refractivity contribution in [1.29, 1.82) is 0 Å². The largest absolute Gasteiger partial charge is 0.307 e. The lowest BCUT2D eigenvalue weighted by atomic mass is 10.0. The fourth-order valence-corrected chi connectivity index (χ4v) is 13.5. The smallest absolute Gasteiger partial charge is 0.191 e. The van der Waals surface area contributed by atoms with Crippen molar-refractivity contribution in [2.75, 3.05) is 0 Å². The molecule has 0 atom stereocenters. The summed E-state index contributed by atoms with van der Waals surface area (Å²) in [5.74, 6) is 0. The van der Waals surface area contributed by atoms with Crippen LogP contribution in [0.25, 0.3) is 51.5 Å². The summed E-state index contributed by atoms with van der Waals surface area (Å²) in [6.45, 7) is 0. The van der Waals surface area contributed by atoms with Gasteiger partial charge in [0.25, 0.3) is 0 Å². The molecule has 1 aliphatic heterocycles. The van der Waals surface area contributed by atoms with E-state index in [4.69, 9.17) is 0 Å². The number of fused-ring (bicyclic) bond motifs is 10. The summed E-state index contributed by atoms with van der Waals surface area (Å²) >= 11 is 5.24. The van der Waals surface area contributed by atoms with E-state index < -0.39 is 7.14 Å². The van der Waals surface area contributed by atoms with Crippen LogP contribution in [0.2, 0.25) is 0 Å². The average molecular weight is 495 g/mol. The Morgan fingerprint density at radius 3 is 1.58 bits per heavy atom. The Labute approximate surface area is 201 Å². The molecule has 0 unspecified atom stereocenters. The molecule has 156 valence electrons. The van der Waals surface area contributed by atoms with Crippen LogP contribution >= 0.6 is 41.2 Å². The molecule has 8 rings (SSSR count). The van der Waals surface area contributed by atoms with Gasteiger partial charge in [-0.15, -0.1) is 34.0 Å². The Morgan fingerprint density at radius 2 is 0.970 bits per heavy atom. The molecule has 33 heavy (non-hydrogen) atoms. The molecule has 3 aromatic heterocycles.